The van der Waals surface area contributed by atoms with Gasteiger partial charge in [0.2, 0.25) is 0 Å². The molecule has 2 saturated heterocycles. The first-order chi connectivity index (χ1) is 14.3. The van der Waals surface area contributed by atoms with Gasteiger partial charge in [0.25, 0.3) is 0 Å². The molecule has 8 heteroatoms. The molecule has 29 heavy (non-hydrogen) atoms. The number of anilines is 3. The van der Waals surface area contributed by atoms with E-state index in [1.807, 2.05) is 16.6 Å². The zero-order chi connectivity index (χ0) is 19.6. The highest BCUT2D eigenvalue weighted by molar-refractivity contribution is 5.64. The van der Waals surface area contributed by atoms with Crippen LogP contribution in [0.5, 0.6) is 0 Å². The van der Waals surface area contributed by atoms with Gasteiger partial charge in [-0.05, 0) is 31.0 Å². The van der Waals surface area contributed by atoms with Crippen LogP contribution in [-0.2, 0) is 4.74 Å². The molecule has 2 aliphatic rings. The summed E-state index contributed by atoms with van der Waals surface area (Å²) in [6.07, 6.45) is 3.74. The van der Waals surface area contributed by atoms with E-state index in [0.29, 0.717) is 0 Å². The van der Waals surface area contributed by atoms with Gasteiger partial charge in [-0.1, -0.05) is 6.07 Å². The molecule has 5 rings (SSSR count). The Bertz CT molecular complexity index is 986. The molecule has 1 N–H and O–H groups in total. The SMILES string of the molecule is Fc1cccc(N2CCC[C@@H](Nc3cc(N4CCOCC4)n4ncnc4c3)C2)c1. The van der Waals surface area contributed by atoms with Gasteiger partial charge in [-0.25, -0.2) is 9.37 Å². The second-order valence-corrected chi connectivity index (χ2v) is 7.64. The zero-order valence-electron chi connectivity index (χ0n) is 16.3. The van der Waals surface area contributed by atoms with Gasteiger partial charge >= 0.3 is 0 Å². The molecule has 0 spiro atoms. The molecule has 1 aromatic carbocycles. The summed E-state index contributed by atoms with van der Waals surface area (Å²) in [7, 11) is 0. The molecule has 3 aromatic rings. The number of nitrogens with zero attached hydrogens (tertiary/aromatic N) is 5. The first-order valence-electron chi connectivity index (χ1n) is 10.2. The van der Waals surface area contributed by atoms with Crippen molar-refractivity contribution in [2.45, 2.75) is 18.9 Å². The van der Waals surface area contributed by atoms with E-state index in [2.05, 4.69) is 31.3 Å². The predicted molar refractivity (Wildman–Crippen MR) is 111 cm³/mol. The summed E-state index contributed by atoms with van der Waals surface area (Å²) >= 11 is 0. The fourth-order valence-electron chi connectivity index (χ4n) is 4.25. The van der Waals surface area contributed by atoms with E-state index in [0.717, 1.165) is 75.1 Å². The van der Waals surface area contributed by atoms with Crippen LogP contribution in [0, 0.1) is 5.82 Å². The standard InChI is InChI=1S/C21H25FN6O/c22-16-3-1-5-19(11-16)27-6-2-4-17(14-27)25-18-12-20-23-15-24-28(20)21(13-18)26-7-9-29-10-8-26/h1,3,5,11-13,15,17,25H,2,4,6-10,14H2/t17-/m1/s1. The summed E-state index contributed by atoms with van der Waals surface area (Å²) in [6, 6.07) is 11.3. The molecule has 0 radical (unpaired) electrons. The lowest BCUT2D eigenvalue weighted by molar-refractivity contribution is 0.122. The van der Waals surface area contributed by atoms with Crippen LogP contribution in [0.15, 0.2) is 42.7 Å². The molecule has 2 aromatic heterocycles. The van der Waals surface area contributed by atoms with Gasteiger partial charge < -0.3 is 19.9 Å². The minimum atomic E-state index is -0.190. The highest BCUT2D eigenvalue weighted by atomic mass is 19.1. The third kappa shape index (κ3) is 3.85. The van der Waals surface area contributed by atoms with Gasteiger partial charge in [-0.2, -0.15) is 9.61 Å². The van der Waals surface area contributed by atoms with E-state index in [-0.39, 0.29) is 11.9 Å². The summed E-state index contributed by atoms with van der Waals surface area (Å²) in [5.41, 5.74) is 2.81. The first kappa shape index (κ1) is 18.2. The third-order valence-corrected chi connectivity index (χ3v) is 5.66. The molecule has 1 atom stereocenters. The Labute approximate surface area is 169 Å². The number of aromatic nitrogens is 3. The topological polar surface area (TPSA) is 57.9 Å². The fourth-order valence-corrected chi connectivity index (χ4v) is 4.25. The second-order valence-electron chi connectivity index (χ2n) is 7.64. The van der Waals surface area contributed by atoms with E-state index in [1.165, 1.54) is 6.07 Å². The van der Waals surface area contributed by atoms with Crippen LogP contribution in [0.2, 0.25) is 0 Å². The highest BCUT2D eigenvalue weighted by Crippen LogP contribution is 2.26. The number of hydrogen-bond donors (Lipinski definition) is 1. The molecule has 4 heterocycles. The predicted octanol–water partition coefficient (Wildman–Crippen LogP) is 2.79. The number of benzene rings is 1. The van der Waals surface area contributed by atoms with E-state index < -0.39 is 0 Å². The number of rotatable bonds is 4. The van der Waals surface area contributed by atoms with Crippen molar-refractivity contribution in [1.29, 1.82) is 0 Å². The van der Waals surface area contributed by atoms with Crippen molar-refractivity contribution in [3.05, 3.63) is 48.5 Å². The Balaban J connectivity index is 1.37. The van der Waals surface area contributed by atoms with E-state index >= 15 is 0 Å². The molecule has 2 aliphatic heterocycles. The van der Waals surface area contributed by atoms with Gasteiger partial charge in [0.1, 0.15) is 18.0 Å². The number of pyridine rings is 1. The van der Waals surface area contributed by atoms with Crippen molar-refractivity contribution in [3.8, 4) is 0 Å². The van der Waals surface area contributed by atoms with E-state index in [9.17, 15) is 4.39 Å². The summed E-state index contributed by atoms with van der Waals surface area (Å²) in [5, 5.41) is 8.08. The van der Waals surface area contributed by atoms with Crippen LogP contribution in [0.4, 0.5) is 21.6 Å². The minimum absolute atomic E-state index is 0.190. The number of nitrogens with one attached hydrogen (secondary N) is 1. The largest absolute Gasteiger partial charge is 0.380 e. The number of piperidine rings is 1. The highest BCUT2D eigenvalue weighted by Gasteiger charge is 2.22. The molecule has 152 valence electrons. The molecule has 0 aliphatic carbocycles. The van der Waals surface area contributed by atoms with Crippen LogP contribution >= 0.6 is 0 Å². The lowest BCUT2D eigenvalue weighted by Crippen LogP contribution is -2.42. The van der Waals surface area contributed by atoms with Crippen molar-refractivity contribution in [2.75, 3.05) is 54.5 Å². The normalized spacial score (nSPS) is 20.2. The molecule has 0 saturated carbocycles. The van der Waals surface area contributed by atoms with E-state index in [4.69, 9.17) is 4.74 Å². The van der Waals surface area contributed by atoms with Crippen molar-refractivity contribution in [3.63, 3.8) is 0 Å². The van der Waals surface area contributed by atoms with Gasteiger partial charge in [-0.3, -0.25) is 0 Å². The molecule has 0 bridgehead atoms. The number of ether oxygens (including phenoxy) is 1. The number of halogens is 1. The van der Waals surface area contributed by atoms with Crippen LogP contribution in [0.1, 0.15) is 12.8 Å². The smallest absolute Gasteiger partial charge is 0.159 e. The fraction of sp³-hybridized carbons (Fsp3) is 0.429. The third-order valence-electron chi connectivity index (χ3n) is 5.66. The Morgan fingerprint density at radius 3 is 2.83 bits per heavy atom. The maximum Gasteiger partial charge on any atom is 0.159 e. The summed E-state index contributed by atoms with van der Waals surface area (Å²) < 4.78 is 21.0. The molecule has 2 fully saturated rings. The number of hydrogen-bond acceptors (Lipinski definition) is 6. The Hall–Kier alpha value is -2.87. The molecule has 0 amide bonds. The van der Waals surface area contributed by atoms with Crippen molar-refractivity contribution in [1.82, 2.24) is 14.6 Å². The summed E-state index contributed by atoms with van der Waals surface area (Å²) in [4.78, 5) is 8.94. The van der Waals surface area contributed by atoms with Gasteiger partial charge in [0.05, 0.1) is 13.2 Å². The first-order valence-corrected chi connectivity index (χ1v) is 10.2. The quantitative estimate of drug-likeness (QED) is 0.732. The van der Waals surface area contributed by atoms with Crippen LogP contribution in [0.25, 0.3) is 5.65 Å². The monoisotopic (exact) mass is 396 g/mol. The molecular formula is C21H25FN6O. The lowest BCUT2D eigenvalue weighted by Gasteiger charge is -2.35. The Morgan fingerprint density at radius 2 is 1.97 bits per heavy atom. The summed E-state index contributed by atoms with van der Waals surface area (Å²) in [5.74, 6) is 0.841. The van der Waals surface area contributed by atoms with Crippen molar-refractivity contribution < 1.29 is 9.13 Å². The van der Waals surface area contributed by atoms with Crippen LogP contribution in [0.3, 0.4) is 0 Å². The Kier molecular flexibility index (Phi) is 4.93. The van der Waals surface area contributed by atoms with Crippen molar-refractivity contribution in [2.24, 2.45) is 0 Å². The van der Waals surface area contributed by atoms with Crippen molar-refractivity contribution >= 4 is 22.8 Å². The maximum absolute atomic E-state index is 13.6. The van der Waals surface area contributed by atoms with Crippen LogP contribution < -0.4 is 15.1 Å². The van der Waals surface area contributed by atoms with Gasteiger partial charge in [0.15, 0.2) is 5.65 Å². The zero-order valence-corrected chi connectivity index (χ0v) is 16.3. The average Bonchev–Trinajstić information content (AvgIpc) is 3.23. The molecular weight excluding hydrogens is 371 g/mol. The Morgan fingerprint density at radius 1 is 1.07 bits per heavy atom. The number of fused-ring (bicyclic) bond motifs is 1. The van der Waals surface area contributed by atoms with Gasteiger partial charge in [0, 0.05) is 55.7 Å². The average molecular weight is 396 g/mol. The number of morpholine rings is 1. The lowest BCUT2D eigenvalue weighted by atomic mass is 10.0. The second kappa shape index (κ2) is 7.87. The van der Waals surface area contributed by atoms with Crippen LogP contribution in [-0.4, -0.2) is 60.0 Å². The minimum Gasteiger partial charge on any atom is -0.380 e. The summed E-state index contributed by atoms with van der Waals surface area (Å²) in [6.45, 7) is 4.92. The van der Waals surface area contributed by atoms with E-state index in [1.54, 1.807) is 18.5 Å². The molecule has 7 nitrogen and oxygen atoms in total. The van der Waals surface area contributed by atoms with Gasteiger partial charge in [-0.15, -0.1) is 0 Å². The molecule has 0 unspecified atom stereocenters. The maximum atomic E-state index is 13.6.